The zero-order valence-corrected chi connectivity index (χ0v) is 11.6. The van der Waals surface area contributed by atoms with E-state index in [4.69, 9.17) is 4.52 Å². The van der Waals surface area contributed by atoms with Crippen LogP contribution in [0.4, 0.5) is 0 Å². The van der Waals surface area contributed by atoms with E-state index in [9.17, 15) is 0 Å². The highest BCUT2D eigenvalue weighted by atomic mass is 16.5. The van der Waals surface area contributed by atoms with Crippen molar-refractivity contribution in [3.05, 3.63) is 35.5 Å². The predicted octanol–water partition coefficient (Wildman–Crippen LogP) is 1.48. The summed E-state index contributed by atoms with van der Waals surface area (Å²) in [6.07, 6.45) is 6.12. The summed E-state index contributed by atoms with van der Waals surface area (Å²) in [5, 5.41) is 7.47. The molecule has 0 aliphatic carbocycles. The third-order valence-corrected chi connectivity index (χ3v) is 3.71. The van der Waals surface area contributed by atoms with Crippen molar-refractivity contribution < 1.29 is 4.52 Å². The number of rotatable bonds is 2. The number of nitrogens with one attached hydrogen (secondary N) is 2. The maximum atomic E-state index is 5.33. The van der Waals surface area contributed by atoms with Crippen molar-refractivity contribution in [2.75, 3.05) is 6.54 Å². The third-order valence-electron chi connectivity index (χ3n) is 3.71. The van der Waals surface area contributed by atoms with Crippen LogP contribution in [-0.2, 0) is 13.0 Å². The normalized spacial score (nSPS) is 14.1. The van der Waals surface area contributed by atoms with Crippen LogP contribution in [0, 0.1) is 6.92 Å². The molecule has 1 aliphatic rings. The lowest BCUT2D eigenvalue weighted by molar-refractivity contribution is 0.431. The fourth-order valence-electron chi connectivity index (χ4n) is 2.67. The second kappa shape index (κ2) is 4.78. The molecule has 0 spiro atoms. The lowest BCUT2D eigenvalue weighted by Gasteiger charge is -2.19. The molecule has 106 valence electrons. The van der Waals surface area contributed by atoms with Crippen LogP contribution in [0.3, 0.4) is 0 Å². The number of aromatic amines is 1. The molecule has 7 nitrogen and oxygen atoms in total. The van der Waals surface area contributed by atoms with Crippen molar-refractivity contribution in [3.63, 3.8) is 0 Å². The Morgan fingerprint density at radius 1 is 1.29 bits per heavy atom. The molecule has 21 heavy (non-hydrogen) atoms. The number of hydrogen-bond acceptors (Lipinski definition) is 6. The van der Waals surface area contributed by atoms with E-state index >= 15 is 0 Å². The van der Waals surface area contributed by atoms with Crippen molar-refractivity contribution in [1.82, 2.24) is 30.4 Å². The Bertz CT molecular complexity index is 777. The van der Waals surface area contributed by atoms with Crippen molar-refractivity contribution in [3.8, 4) is 23.0 Å². The van der Waals surface area contributed by atoms with Gasteiger partial charge in [0.1, 0.15) is 5.69 Å². The summed E-state index contributed by atoms with van der Waals surface area (Å²) >= 11 is 0. The molecule has 0 amide bonds. The van der Waals surface area contributed by atoms with E-state index in [1.165, 1.54) is 11.1 Å². The predicted molar refractivity (Wildman–Crippen MR) is 75.3 cm³/mol. The van der Waals surface area contributed by atoms with E-state index in [0.717, 1.165) is 30.8 Å². The highest BCUT2D eigenvalue weighted by molar-refractivity contribution is 5.66. The molecule has 0 saturated carbocycles. The number of aryl methyl sites for hydroxylation is 1. The molecule has 0 atom stereocenters. The van der Waals surface area contributed by atoms with E-state index in [1.54, 1.807) is 12.5 Å². The molecule has 0 aromatic carbocycles. The first-order chi connectivity index (χ1) is 10.3. The van der Waals surface area contributed by atoms with Gasteiger partial charge in [0.25, 0.3) is 5.89 Å². The second-order valence-corrected chi connectivity index (χ2v) is 5.04. The summed E-state index contributed by atoms with van der Waals surface area (Å²) in [5.74, 6) is 1.02. The summed E-state index contributed by atoms with van der Waals surface area (Å²) in [4.78, 5) is 15.9. The van der Waals surface area contributed by atoms with Crippen molar-refractivity contribution in [2.24, 2.45) is 0 Å². The zero-order chi connectivity index (χ0) is 14.2. The molecule has 7 heteroatoms. The number of H-pyrrole nitrogens is 1. The number of aromatic nitrogens is 5. The first kappa shape index (κ1) is 12.2. The van der Waals surface area contributed by atoms with Gasteiger partial charge in [0.05, 0.1) is 12.5 Å². The maximum Gasteiger partial charge on any atom is 0.276 e. The van der Waals surface area contributed by atoms with Gasteiger partial charge in [-0.05, 0) is 31.0 Å². The molecule has 1 aliphatic heterocycles. The van der Waals surface area contributed by atoms with Crippen LogP contribution in [0.5, 0.6) is 0 Å². The van der Waals surface area contributed by atoms with Crippen LogP contribution >= 0.6 is 0 Å². The number of hydrogen-bond donors (Lipinski definition) is 2. The van der Waals surface area contributed by atoms with Crippen molar-refractivity contribution in [2.45, 2.75) is 19.9 Å². The van der Waals surface area contributed by atoms with Gasteiger partial charge >= 0.3 is 0 Å². The van der Waals surface area contributed by atoms with E-state index in [-0.39, 0.29) is 0 Å². The van der Waals surface area contributed by atoms with Gasteiger partial charge in [-0.25, -0.2) is 4.98 Å². The summed E-state index contributed by atoms with van der Waals surface area (Å²) in [7, 11) is 0. The average molecular weight is 282 g/mol. The lowest BCUT2D eigenvalue weighted by Crippen LogP contribution is -2.24. The topological polar surface area (TPSA) is 92.5 Å². The third kappa shape index (κ3) is 2.02. The molecule has 2 N–H and O–H groups in total. The molecule has 0 bridgehead atoms. The Morgan fingerprint density at radius 3 is 3.10 bits per heavy atom. The van der Waals surface area contributed by atoms with Gasteiger partial charge in [-0.2, -0.15) is 4.98 Å². The molecular weight excluding hydrogens is 268 g/mol. The van der Waals surface area contributed by atoms with E-state index in [0.29, 0.717) is 17.4 Å². The highest BCUT2D eigenvalue weighted by Gasteiger charge is 2.21. The minimum absolute atomic E-state index is 0.438. The first-order valence-electron chi connectivity index (χ1n) is 6.84. The van der Waals surface area contributed by atoms with E-state index < -0.39 is 0 Å². The molecular formula is C14H14N6O. The molecule has 4 heterocycles. The van der Waals surface area contributed by atoms with Gasteiger partial charge in [-0.15, -0.1) is 0 Å². The van der Waals surface area contributed by atoms with Gasteiger partial charge in [-0.1, -0.05) is 5.16 Å². The van der Waals surface area contributed by atoms with Gasteiger partial charge in [0.2, 0.25) is 5.82 Å². The molecule has 0 saturated heterocycles. The minimum Gasteiger partial charge on any atom is -0.341 e. The van der Waals surface area contributed by atoms with Crippen LogP contribution in [0.2, 0.25) is 0 Å². The molecule has 0 unspecified atom stereocenters. The SMILES string of the molecule is Cc1ncc2c(c1-c1noc(-c3cnc[nH]3)n1)CCNC2. The van der Waals surface area contributed by atoms with Crippen LogP contribution < -0.4 is 5.32 Å². The standard InChI is InChI=1S/C14H14N6O/c1-8-12(10-2-3-15-4-9(10)5-17-8)13-19-14(21-20-13)11-6-16-7-18-11/h5-7,15H,2-4H2,1H3,(H,16,18). The summed E-state index contributed by atoms with van der Waals surface area (Å²) in [5.41, 5.74) is 5.09. The summed E-state index contributed by atoms with van der Waals surface area (Å²) < 4.78 is 5.33. The number of fused-ring (bicyclic) bond motifs is 1. The number of nitrogens with zero attached hydrogens (tertiary/aromatic N) is 4. The Balaban J connectivity index is 1.83. The average Bonchev–Trinajstić information content (AvgIpc) is 3.18. The zero-order valence-electron chi connectivity index (χ0n) is 11.6. The lowest BCUT2D eigenvalue weighted by atomic mass is 9.95. The van der Waals surface area contributed by atoms with Crippen LogP contribution in [0.1, 0.15) is 16.8 Å². The Morgan fingerprint density at radius 2 is 2.24 bits per heavy atom. The Labute approximate surface area is 120 Å². The molecule has 3 aromatic rings. The van der Waals surface area contributed by atoms with Crippen molar-refractivity contribution in [1.29, 1.82) is 0 Å². The highest BCUT2D eigenvalue weighted by Crippen LogP contribution is 2.29. The maximum absolute atomic E-state index is 5.33. The summed E-state index contributed by atoms with van der Waals surface area (Å²) in [6, 6.07) is 0. The van der Waals surface area contributed by atoms with E-state index in [2.05, 4.69) is 30.4 Å². The van der Waals surface area contributed by atoms with Gasteiger partial charge in [0, 0.05) is 24.0 Å². The first-order valence-corrected chi connectivity index (χ1v) is 6.84. The molecule has 0 radical (unpaired) electrons. The summed E-state index contributed by atoms with van der Waals surface area (Å²) in [6.45, 7) is 3.76. The van der Waals surface area contributed by atoms with Crippen LogP contribution in [0.15, 0.2) is 23.2 Å². The monoisotopic (exact) mass is 282 g/mol. The smallest absolute Gasteiger partial charge is 0.276 e. The van der Waals surface area contributed by atoms with E-state index in [1.807, 2.05) is 13.1 Å². The van der Waals surface area contributed by atoms with Crippen molar-refractivity contribution >= 4 is 0 Å². The van der Waals surface area contributed by atoms with Crippen LogP contribution in [0.25, 0.3) is 23.0 Å². The second-order valence-electron chi connectivity index (χ2n) is 5.04. The van der Waals surface area contributed by atoms with Gasteiger partial charge in [-0.3, -0.25) is 4.98 Å². The Hall–Kier alpha value is -2.54. The van der Waals surface area contributed by atoms with Gasteiger partial charge < -0.3 is 14.8 Å². The minimum atomic E-state index is 0.438. The number of pyridine rings is 1. The van der Waals surface area contributed by atoms with Gasteiger partial charge in [0.15, 0.2) is 0 Å². The number of imidazole rings is 1. The molecule has 0 fully saturated rings. The molecule has 4 rings (SSSR count). The Kier molecular flexibility index (Phi) is 2.78. The fourth-order valence-corrected chi connectivity index (χ4v) is 2.67. The fraction of sp³-hybridized carbons (Fsp3) is 0.286. The molecule has 3 aromatic heterocycles. The quantitative estimate of drug-likeness (QED) is 0.739. The largest absolute Gasteiger partial charge is 0.341 e. The van der Waals surface area contributed by atoms with Crippen LogP contribution in [-0.4, -0.2) is 31.6 Å².